The van der Waals surface area contributed by atoms with Crippen LogP contribution < -0.4 is 10.1 Å². The largest absolute Gasteiger partial charge is 0.497 e. The average Bonchev–Trinajstić information content (AvgIpc) is 2.88. The first-order chi connectivity index (χ1) is 12.3. The van der Waals surface area contributed by atoms with E-state index in [-0.39, 0.29) is 17.2 Å². The summed E-state index contributed by atoms with van der Waals surface area (Å²) in [6.07, 6.45) is 1.12. The predicted octanol–water partition coefficient (Wildman–Crippen LogP) is 2.77. The number of amides is 1. The number of para-hydroxylation sites is 1. The van der Waals surface area contributed by atoms with Gasteiger partial charge >= 0.3 is 0 Å². The zero-order valence-corrected chi connectivity index (χ0v) is 15.6. The van der Waals surface area contributed by atoms with E-state index in [9.17, 15) is 13.2 Å². The number of sulfone groups is 1. The molecule has 0 aliphatic heterocycles. The van der Waals surface area contributed by atoms with Gasteiger partial charge in [-0.1, -0.05) is 18.2 Å². The molecule has 3 rings (SSSR count). The van der Waals surface area contributed by atoms with Gasteiger partial charge in [0, 0.05) is 35.6 Å². The van der Waals surface area contributed by atoms with Crippen molar-refractivity contribution in [1.29, 1.82) is 0 Å². The van der Waals surface area contributed by atoms with Gasteiger partial charge in [-0.3, -0.25) is 4.79 Å². The zero-order valence-electron chi connectivity index (χ0n) is 14.8. The zero-order chi connectivity index (χ0) is 18.9. The predicted molar refractivity (Wildman–Crippen MR) is 101 cm³/mol. The SMILES string of the molecule is COc1ccc(NC(=O)Cc2c(S(C)(=O)=O)c3ccccc3n2C)cc1. The molecule has 1 aromatic heterocycles. The highest BCUT2D eigenvalue weighted by Gasteiger charge is 2.24. The third-order valence-electron chi connectivity index (χ3n) is 4.25. The molecule has 0 saturated heterocycles. The lowest BCUT2D eigenvalue weighted by Crippen LogP contribution is -2.18. The van der Waals surface area contributed by atoms with Crippen LogP contribution in [0.5, 0.6) is 5.75 Å². The Morgan fingerprint density at radius 3 is 2.38 bits per heavy atom. The van der Waals surface area contributed by atoms with Crippen molar-refractivity contribution in [2.45, 2.75) is 11.3 Å². The van der Waals surface area contributed by atoms with E-state index in [1.54, 1.807) is 55.1 Å². The summed E-state index contributed by atoms with van der Waals surface area (Å²) in [6.45, 7) is 0. The molecule has 0 atom stereocenters. The monoisotopic (exact) mass is 372 g/mol. The average molecular weight is 372 g/mol. The fraction of sp³-hybridized carbons (Fsp3) is 0.211. The second kappa shape index (κ2) is 6.84. The molecular formula is C19H20N2O4S. The Bertz CT molecular complexity index is 1070. The summed E-state index contributed by atoms with van der Waals surface area (Å²) in [4.78, 5) is 12.7. The summed E-state index contributed by atoms with van der Waals surface area (Å²) in [6, 6.07) is 14.2. The lowest BCUT2D eigenvalue weighted by Gasteiger charge is -2.09. The van der Waals surface area contributed by atoms with Crippen LogP contribution in [0.15, 0.2) is 53.4 Å². The molecule has 0 saturated carbocycles. The minimum Gasteiger partial charge on any atom is -0.497 e. The van der Waals surface area contributed by atoms with Crippen molar-refractivity contribution in [2.24, 2.45) is 7.05 Å². The number of carbonyl (C=O) groups is 1. The molecule has 136 valence electrons. The van der Waals surface area contributed by atoms with Crippen LogP contribution in [0.25, 0.3) is 10.9 Å². The van der Waals surface area contributed by atoms with Gasteiger partial charge in [0.15, 0.2) is 9.84 Å². The van der Waals surface area contributed by atoms with Gasteiger partial charge < -0.3 is 14.6 Å². The molecule has 3 aromatic rings. The van der Waals surface area contributed by atoms with Gasteiger partial charge in [0.25, 0.3) is 0 Å². The van der Waals surface area contributed by atoms with Gasteiger partial charge in [-0.15, -0.1) is 0 Å². The van der Waals surface area contributed by atoms with Crippen molar-refractivity contribution in [3.63, 3.8) is 0 Å². The van der Waals surface area contributed by atoms with E-state index in [1.807, 2.05) is 12.1 Å². The molecule has 0 spiro atoms. The number of fused-ring (bicyclic) bond motifs is 1. The van der Waals surface area contributed by atoms with E-state index in [4.69, 9.17) is 4.74 Å². The van der Waals surface area contributed by atoms with Gasteiger partial charge in [0.05, 0.1) is 18.4 Å². The number of ether oxygens (including phenoxy) is 1. The first-order valence-corrected chi connectivity index (χ1v) is 9.90. The summed E-state index contributed by atoms with van der Waals surface area (Å²) in [5.74, 6) is 0.405. The summed E-state index contributed by atoms with van der Waals surface area (Å²) in [5.41, 5.74) is 1.87. The summed E-state index contributed by atoms with van der Waals surface area (Å²) < 4.78 is 31.5. The smallest absolute Gasteiger partial charge is 0.230 e. The first kappa shape index (κ1) is 18.0. The van der Waals surface area contributed by atoms with Crippen molar-refractivity contribution in [3.8, 4) is 5.75 Å². The van der Waals surface area contributed by atoms with E-state index in [0.717, 1.165) is 5.52 Å². The van der Waals surface area contributed by atoms with Gasteiger partial charge in [-0.25, -0.2) is 8.42 Å². The van der Waals surface area contributed by atoms with E-state index in [2.05, 4.69) is 5.32 Å². The minimum atomic E-state index is -3.48. The van der Waals surface area contributed by atoms with E-state index >= 15 is 0 Å². The quantitative estimate of drug-likeness (QED) is 0.747. The molecule has 0 fully saturated rings. The summed E-state index contributed by atoms with van der Waals surface area (Å²) >= 11 is 0. The van der Waals surface area contributed by atoms with Crippen molar-refractivity contribution in [2.75, 3.05) is 18.7 Å². The van der Waals surface area contributed by atoms with E-state index in [1.165, 1.54) is 6.26 Å². The Morgan fingerprint density at radius 2 is 1.77 bits per heavy atom. The number of aromatic nitrogens is 1. The Balaban J connectivity index is 1.95. The number of hydrogen-bond acceptors (Lipinski definition) is 4. The molecule has 26 heavy (non-hydrogen) atoms. The lowest BCUT2D eigenvalue weighted by atomic mass is 10.2. The molecule has 0 radical (unpaired) electrons. The number of anilines is 1. The second-order valence-corrected chi connectivity index (χ2v) is 8.03. The standard InChI is InChI=1S/C19H20N2O4S/c1-21-16-7-5-4-6-15(16)19(26(3,23)24)17(21)12-18(22)20-13-8-10-14(25-2)11-9-13/h4-11H,12H2,1-3H3,(H,20,22). The molecule has 0 aliphatic rings. The summed E-state index contributed by atoms with van der Waals surface area (Å²) in [7, 11) is -0.143. The Kier molecular flexibility index (Phi) is 4.73. The molecule has 2 aromatic carbocycles. The maximum atomic E-state index is 12.5. The van der Waals surface area contributed by atoms with Gasteiger partial charge in [-0.05, 0) is 30.3 Å². The number of rotatable bonds is 5. The third-order valence-corrected chi connectivity index (χ3v) is 5.45. The molecule has 0 unspecified atom stereocenters. The van der Waals surface area contributed by atoms with E-state index < -0.39 is 9.84 Å². The van der Waals surface area contributed by atoms with Gasteiger partial charge in [-0.2, -0.15) is 0 Å². The number of aryl methyl sites for hydroxylation is 1. The highest BCUT2D eigenvalue weighted by Crippen LogP contribution is 2.30. The van der Waals surface area contributed by atoms with Crippen molar-refractivity contribution in [1.82, 2.24) is 4.57 Å². The molecule has 1 amide bonds. The Morgan fingerprint density at radius 1 is 1.12 bits per heavy atom. The van der Waals surface area contributed by atoms with Crippen LogP contribution in [0.1, 0.15) is 5.69 Å². The van der Waals surface area contributed by atoms with Crippen LogP contribution in [0.2, 0.25) is 0 Å². The summed E-state index contributed by atoms with van der Waals surface area (Å²) in [5, 5.41) is 3.42. The number of methoxy groups -OCH3 is 1. The number of nitrogens with zero attached hydrogens (tertiary/aromatic N) is 1. The minimum absolute atomic E-state index is 0.0421. The molecule has 1 N–H and O–H groups in total. The number of carbonyl (C=O) groups excluding carboxylic acids is 1. The molecular weight excluding hydrogens is 352 g/mol. The highest BCUT2D eigenvalue weighted by molar-refractivity contribution is 7.91. The van der Waals surface area contributed by atoms with Gasteiger partial charge in [0.1, 0.15) is 5.75 Å². The lowest BCUT2D eigenvalue weighted by molar-refractivity contribution is -0.115. The van der Waals surface area contributed by atoms with E-state index in [0.29, 0.717) is 22.5 Å². The van der Waals surface area contributed by atoms with Crippen LogP contribution in [-0.4, -0.2) is 32.3 Å². The molecule has 1 heterocycles. The third kappa shape index (κ3) is 3.43. The topological polar surface area (TPSA) is 77.4 Å². The second-order valence-electron chi connectivity index (χ2n) is 6.08. The van der Waals surface area contributed by atoms with Crippen LogP contribution in [0.4, 0.5) is 5.69 Å². The van der Waals surface area contributed by atoms with Crippen LogP contribution in [-0.2, 0) is 28.1 Å². The van der Waals surface area contributed by atoms with Crippen LogP contribution in [0.3, 0.4) is 0 Å². The fourth-order valence-corrected chi connectivity index (χ4v) is 4.26. The highest BCUT2D eigenvalue weighted by atomic mass is 32.2. The van der Waals surface area contributed by atoms with Gasteiger partial charge in [0.2, 0.25) is 5.91 Å². The Labute approximate surface area is 152 Å². The molecule has 0 aliphatic carbocycles. The Hall–Kier alpha value is -2.80. The van der Waals surface area contributed by atoms with Crippen LogP contribution >= 0.6 is 0 Å². The number of nitrogens with one attached hydrogen (secondary N) is 1. The maximum absolute atomic E-state index is 12.5. The molecule has 7 heteroatoms. The normalized spacial score (nSPS) is 11.5. The van der Waals surface area contributed by atoms with Crippen LogP contribution in [0, 0.1) is 0 Å². The fourth-order valence-electron chi connectivity index (χ4n) is 3.06. The maximum Gasteiger partial charge on any atom is 0.230 e. The van der Waals surface area contributed by atoms with Crippen molar-refractivity contribution >= 4 is 32.3 Å². The molecule has 0 bridgehead atoms. The molecule has 6 nitrogen and oxygen atoms in total. The number of hydrogen-bond donors (Lipinski definition) is 1. The number of benzene rings is 2. The van der Waals surface area contributed by atoms with Crippen molar-refractivity contribution in [3.05, 3.63) is 54.2 Å². The first-order valence-electron chi connectivity index (χ1n) is 8.01. The van der Waals surface area contributed by atoms with Crippen molar-refractivity contribution < 1.29 is 17.9 Å².